The van der Waals surface area contributed by atoms with Crippen LogP contribution in [0.3, 0.4) is 0 Å². The summed E-state index contributed by atoms with van der Waals surface area (Å²) in [5, 5.41) is 3.20. The van der Waals surface area contributed by atoms with E-state index in [1.165, 1.54) is 4.31 Å². The Hall–Kier alpha value is -1.14. The average molecular weight is 256 g/mol. The highest BCUT2D eigenvalue weighted by molar-refractivity contribution is 7.92. The molecule has 0 spiro atoms. The van der Waals surface area contributed by atoms with Crippen LogP contribution in [0.2, 0.25) is 0 Å². The van der Waals surface area contributed by atoms with E-state index in [0.29, 0.717) is 17.1 Å². The van der Waals surface area contributed by atoms with E-state index in [9.17, 15) is 8.42 Å². The fourth-order valence-corrected chi connectivity index (χ4v) is 3.81. The van der Waals surface area contributed by atoms with Crippen molar-refractivity contribution in [3.8, 4) is 0 Å². The van der Waals surface area contributed by atoms with E-state index in [1.54, 1.807) is 19.1 Å². The summed E-state index contributed by atoms with van der Waals surface area (Å²) in [7, 11) is -3.47. The molecule has 0 saturated carbocycles. The fraction of sp³-hybridized carbons (Fsp3) is 0.300. The Bertz CT molecular complexity index is 552. The zero-order valence-electron chi connectivity index (χ0n) is 9.02. The first-order valence-electron chi connectivity index (χ1n) is 4.92. The molecule has 1 aliphatic heterocycles. The summed E-state index contributed by atoms with van der Waals surface area (Å²) in [6.07, 6.45) is 0. The highest BCUT2D eigenvalue weighted by Crippen LogP contribution is 2.32. The van der Waals surface area contributed by atoms with Gasteiger partial charge < -0.3 is 5.32 Å². The summed E-state index contributed by atoms with van der Waals surface area (Å²) in [5.41, 5.74) is 1.47. The lowest BCUT2D eigenvalue weighted by atomic mass is 10.2. The van der Waals surface area contributed by atoms with Gasteiger partial charge in [-0.05, 0) is 37.7 Å². The van der Waals surface area contributed by atoms with Crippen LogP contribution in [0.25, 0.3) is 0 Å². The Balaban J connectivity index is 2.72. The van der Waals surface area contributed by atoms with Gasteiger partial charge in [-0.25, -0.2) is 12.7 Å². The summed E-state index contributed by atoms with van der Waals surface area (Å²) in [6.45, 7) is 3.94. The Morgan fingerprint density at radius 2 is 2.12 bits per heavy atom. The maximum absolute atomic E-state index is 12.2. The molecule has 0 atom stereocenters. The van der Waals surface area contributed by atoms with Gasteiger partial charge in [-0.2, -0.15) is 0 Å². The zero-order chi connectivity index (χ0) is 11.9. The molecule has 0 aromatic heterocycles. The van der Waals surface area contributed by atoms with E-state index >= 15 is 0 Å². The molecule has 0 aliphatic carbocycles. The first-order valence-corrected chi connectivity index (χ1v) is 6.76. The standard InChI is InChI=1S/C10H12N2O2S2/c1-3-12-10(15)11-9-7(2)5-4-6-8(9)16(12,13)14/h4-6H,3H2,1-2H3,(H,11,15). The summed E-state index contributed by atoms with van der Waals surface area (Å²) in [6, 6.07) is 5.18. The van der Waals surface area contributed by atoms with Crippen molar-refractivity contribution in [2.75, 3.05) is 11.9 Å². The first kappa shape index (κ1) is 11.3. The lowest BCUT2D eigenvalue weighted by Crippen LogP contribution is -2.43. The molecule has 2 rings (SSSR count). The van der Waals surface area contributed by atoms with Crippen molar-refractivity contribution < 1.29 is 8.42 Å². The second-order valence-electron chi connectivity index (χ2n) is 3.55. The summed E-state index contributed by atoms with van der Waals surface area (Å²) in [5.74, 6) is 0. The number of nitrogens with zero attached hydrogens (tertiary/aromatic N) is 1. The van der Waals surface area contributed by atoms with Gasteiger partial charge in [0.05, 0.1) is 5.69 Å². The highest BCUT2D eigenvalue weighted by atomic mass is 32.2. The molecule has 0 bridgehead atoms. The number of para-hydroxylation sites is 1. The van der Waals surface area contributed by atoms with Crippen molar-refractivity contribution in [3.05, 3.63) is 23.8 Å². The molecule has 0 amide bonds. The Morgan fingerprint density at radius 1 is 1.44 bits per heavy atom. The lowest BCUT2D eigenvalue weighted by molar-refractivity contribution is 0.531. The van der Waals surface area contributed by atoms with Gasteiger partial charge in [-0.1, -0.05) is 12.1 Å². The van der Waals surface area contributed by atoms with E-state index in [1.807, 2.05) is 13.0 Å². The van der Waals surface area contributed by atoms with Crippen LogP contribution in [0, 0.1) is 6.92 Å². The quantitative estimate of drug-likeness (QED) is 0.777. The second kappa shape index (κ2) is 3.71. The van der Waals surface area contributed by atoms with Crippen molar-refractivity contribution in [2.24, 2.45) is 0 Å². The predicted octanol–water partition coefficient (Wildman–Crippen LogP) is 1.72. The molecular weight excluding hydrogens is 244 g/mol. The molecule has 1 N–H and O–H groups in total. The van der Waals surface area contributed by atoms with Crippen molar-refractivity contribution in [1.29, 1.82) is 0 Å². The molecule has 6 heteroatoms. The number of nitrogens with one attached hydrogen (secondary N) is 1. The van der Waals surface area contributed by atoms with Gasteiger partial charge in [0.2, 0.25) is 0 Å². The average Bonchev–Trinajstić information content (AvgIpc) is 2.20. The van der Waals surface area contributed by atoms with Crippen LogP contribution in [0.1, 0.15) is 12.5 Å². The first-order chi connectivity index (χ1) is 7.48. The SMILES string of the molecule is CCN1C(=S)Nc2c(C)cccc2S1(=O)=O. The number of thiocarbonyl (C=S) groups is 1. The van der Waals surface area contributed by atoms with Gasteiger partial charge in [0.25, 0.3) is 10.0 Å². The maximum atomic E-state index is 12.2. The monoisotopic (exact) mass is 256 g/mol. The number of hydrogen-bond acceptors (Lipinski definition) is 3. The van der Waals surface area contributed by atoms with Gasteiger partial charge in [0.1, 0.15) is 4.90 Å². The molecule has 4 nitrogen and oxygen atoms in total. The zero-order valence-corrected chi connectivity index (χ0v) is 10.7. The summed E-state index contributed by atoms with van der Waals surface area (Å²) >= 11 is 5.05. The second-order valence-corrected chi connectivity index (χ2v) is 5.77. The lowest BCUT2D eigenvalue weighted by Gasteiger charge is -2.31. The molecule has 86 valence electrons. The van der Waals surface area contributed by atoms with Gasteiger partial charge in [0, 0.05) is 6.54 Å². The molecule has 0 unspecified atom stereocenters. The van der Waals surface area contributed by atoms with Crippen molar-refractivity contribution in [1.82, 2.24) is 4.31 Å². The number of rotatable bonds is 1. The molecule has 1 aromatic carbocycles. The summed E-state index contributed by atoms with van der Waals surface area (Å²) in [4.78, 5) is 0.294. The van der Waals surface area contributed by atoms with Crippen LogP contribution < -0.4 is 5.32 Å². The number of anilines is 1. The molecular formula is C10H12N2O2S2. The molecule has 16 heavy (non-hydrogen) atoms. The predicted molar refractivity (Wildman–Crippen MR) is 67.0 cm³/mol. The van der Waals surface area contributed by atoms with E-state index in [2.05, 4.69) is 5.32 Å². The van der Waals surface area contributed by atoms with Crippen LogP contribution in [-0.2, 0) is 10.0 Å². The normalized spacial score (nSPS) is 17.9. The Kier molecular flexibility index (Phi) is 2.63. The van der Waals surface area contributed by atoms with Gasteiger partial charge in [-0.15, -0.1) is 0 Å². The topological polar surface area (TPSA) is 49.4 Å². The number of benzene rings is 1. The molecule has 1 aliphatic rings. The van der Waals surface area contributed by atoms with Crippen LogP contribution >= 0.6 is 12.2 Å². The number of hydrogen-bond donors (Lipinski definition) is 1. The number of aryl methyl sites for hydroxylation is 1. The number of sulfonamides is 1. The molecule has 0 saturated heterocycles. The third kappa shape index (κ3) is 1.49. The Labute approximate surface area is 100 Å². The molecule has 0 fully saturated rings. The van der Waals surface area contributed by atoms with E-state index < -0.39 is 10.0 Å². The van der Waals surface area contributed by atoms with Crippen LogP contribution in [-0.4, -0.2) is 24.4 Å². The Morgan fingerprint density at radius 3 is 2.75 bits per heavy atom. The largest absolute Gasteiger partial charge is 0.330 e. The third-order valence-corrected chi connectivity index (χ3v) is 4.90. The van der Waals surface area contributed by atoms with E-state index in [4.69, 9.17) is 12.2 Å². The van der Waals surface area contributed by atoms with Gasteiger partial charge >= 0.3 is 0 Å². The fourth-order valence-electron chi connectivity index (χ4n) is 1.73. The maximum Gasteiger partial charge on any atom is 0.268 e. The van der Waals surface area contributed by atoms with E-state index in [0.717, 1.165) is 5.56 Å². The van der Waals surface area contributed by atoms with Crippen molar-refractivity contribution in [2.45, 2.75) is 18.7 Å². The van der Waals surface area contributed by atoms with Crippen molar-refractivity contribution >= 4 is 33.0 Å². The van der Waals surface area contributed by atoms with E-state index in [-0.39, 0.29) is 5.11 Å². The van der Waals surface area contributed by atoms with Crippen LogP contribution in [0.5, 0.6) is 0 Å². The highest BCUT2D eigenvalue weighted by Gasteiger charge is 2.33. The smallest absolute Gasteiger partial charge is 0.268 e. The van der Waals surface area contributed by atoms with Gasteiger partial charge in [0.15, 0.2) is 5.11 Å². The van der Waals surface area contributed by atoms with Crippen molar-refractivity contribution in [3.63, 3.8) is 0 Å². The minimum absolute atomic E-state index is 0.240. The molecule has 1 heterocycles. The van der Waals surface area contributed by atoms with Crippen LogP contribution in [0.4, 0.5) is 5.69 Å². The minimum Gasteiger partial charge on any atom is -0.330 e. The molecule has 1 aromatic rings. The van der Waals surface area contributed by atoms with Gasteiger partial charge in [-0.3, -0.25) is 0 Å². The summed E-state index contributed by atoms with van der Waals surface area (Å²) < 4.78 is 25.6. The number of fused-ring (bicyclic) bond motifs is 1. The third-order valence-electron chi connectivity index (χ3n) is 2.55. The van der Waals surface area contributed by atoms with Crippen LogP contribution in [0.15, 0.2) is 23.1 Å². The minimum atomic E-state index is -3.47. The molecule has 0 radical (unpaired) electrons.